The molecule has 4 rings (SSSR count). The minimum absolute atomic E-state index is 0.167. The van der Waals surface area contributed by atoms with Crippen molar-refractivity contribution in [1.82, 2.24) is 0 Å². The van der Waals surface area contributed by atoms with Crippen LogP contribution in [0.2, 0.25) is 0 Å². The molecule has 6 heteroatoms. The van der Waals surface area contributed by atoms with Crippen molar-refractivity contribution in [2.24, 2.45) is 16.7 Å². The molecule has 2 heterocycles. The van der Waals surface area contributed by atoms with Crippen LogP contribution < -0.4 is 0 Å². The molecule has 2 bridgehead atoms. The van der Waals surface area contributed by atoms with Crippen LogP contribution in [0.3, 0.4) is 0 Å². The normalized spacial score (nSPS) is 34.4. The fourth-order valence-electron chi connectivity index (χ4n) is 6.17. The minimum atomic E-state index is -1.76. The summed E-state index contributed by atoms with van der Waals surface area (Å²) in [6.07, 6.45) is 6.86. The Bertz CT molecular complexity index is 974. The topological polar surface area (TPSA) is 114 Å². The van der Waals surface area contributed by atoms with Gasteiger partial charge < -0.3 is 9.47 Å². The molecule has 2 saturated heterocycles. The Morgan fingerprint density at radius 1 is 1.03 bits per heavy atom. The van der Waals surface area contributed by atoms with Gasteiger partial charge in [0.2, 0.25) is 11.7 Å². The van der Waals surface area contributed by atoms with Gasteiger partial charge >= 0.3 is 0 Å². The Morgan fingerprint density at radius 3 is 2.41 bits per heavy atom. The van der Waals surface area contributed by atoms with Crippen LogP contribution in [0.1, 0.15) is 76.2 Å². The number of nitriles is 3. The van der Waals surface area contributed by atoms with Crippen molar-refractivity contribution in [1.29, 1.82) is 21.2 Å². The summed E-state index contributed by atoms with van der Waals surface area (Å²) in [5.74, 6) is -1.72. The Hall–Kier alpha value is -2.88. The van der Waals surface area contributed by atoms with E-state index in [1.54, 1.807) is 0 Å². The summed E-state index contributed by atoms with van der Waals surface area (Å²) in [6, 6.07) is 16.7. The van der Waals surface area contributed by atoms with E-state index in [0.29, 0.717) is 19.3 Å². The third-order valence-corrected chi connectivity index (χ3v) is 7.86. The van der Waals surface area contributed by atoms with Gasteiger partial charge in [0.05, 0.1) is 30.2 Å². The maximum absolute atomic E-state index is 10.5. The second-order valence-electron chi connectivity index (χ2n) is 9.44. The van der Waals surface area contributed by atoms with E-state index < -0.39 is 28.6 Å². The summed E-state index contributed by atoms with van der Waals surface area (Å²) in [5, 5.41) is 39.7. The van der Waals surface area contributed by atoms with Crippen LogP contribution in [0.4, 0.5) is 0 Å². The van der Waals surface area contributed by atoms with Crippen LogP contribution in [0, 0.1) is 56.2 Å². The molecule has 3 aliphatic rings. The number of nitrogens with one attached hydrogen (secondary N) is 1. The predicted octanol–water partition coefficient (Wildman–Crippen LogP) is 5.58. The molecule has 1 N–H and O–H groups in total. The zero-order valence-corrected chi connectivity index (χ0v) is 18.6. The van der Waals surface area contributed by atoms with E-state index in [1.807, 2.05) is 18.2 Å². The van der Waals surface area contributed by atoms with Crippen molar-refractivity contribution in [3.63, 3.8) is 0 Å². The maximum Gasteiger partial charge on any atom is 0.217 e. The first-order valence-corrected chi connectivity index (χ1v) is 11.8. The van der Waals surface area contributed by atoms with Crippen molar-refractivity contribution in [3.8, 4) is 18.2 Å². The van der Waals surface area contributed by atoms with E-state index in [4.69, 9.17) is 14.9 Å². The van der Waals surface area contributed by atoms with Gasteiger partial charge in [-0.25, -0.2) is 0 Å². The zero-order valence-electron chi connectivity index (χ0n) is 18.6. The molecule has 1 aromatic carbocycles. The van der Waals surface area contributed by atoms with Crippen molar-refractivity contribution < 1.29 is 9.47 Å². The molecule has 5 atom stereocenters. The lowest BCUT2D eigenvalue weighted by atomic mass is 9.50. The fourth-order valence-corrected chi connectivity index (χ4v) is 6.17. The Labute approximate surface area is 190 Å². The number of nitrogens with zero attached hydrogens (tertiary/aromatic N) is 3. The third kappa shape index (κ3) is 3.03. The van der Waals surface area contributed by atoms with E-state index in [0.717, 1.165) is 38.5 Å². The van der Waals surface area contributed by atoms with Gasteiger partial charge in [-0.3, -0.25) is 5.41 Å². The number of benzene rings is 1. The molecule has 6 nitrogen and oxygen atoms in total. The predicted molar refractivity (Wildman–Crippen MR) is 118 cm³/mol. The lowest BCUT2D eigenvalue weighted by Gasteiger charge is -2.52. The molecule has 0 spiro atoms. The summed E-state index contributed by atoms with van der Waals surface area (Å²) in [7, 11) is 0. The van der Waals surface area contributed by atoms with Crippen LogP contribution >= 0.6 is 0 Å². The highest BCUT2D eigenvalue weighted by Gasteiger charge is 2.80. The molecule has 3 fully saturated rings. The van der Waals surface area contributed by atoms with Crippen LogP contribution in [0.5, 0.6) is 0 Å². The average molecular weight is 431 g/mol. The van der Waals surface area contributed by atoms with E-state index in [9.17, 15) is 15.8 Å². The first-order valence-electron chi connectivity index (χ1n) is 11.8. The molecule has 5 unspecified atom stereocenters. The van der Waals surface area contributed by atoms with E-state index >= 15 is 0 Å². The molecule has 1 aromatic rings. The highest BCUT2D eigenvalue weighted by Crippen LogP contribution is 2.68. The lowest BCUT2D eigenvalue weighted by molar-refractivity contribution is -0.294. The number of hydrogen-bond donors (Lipinski definition) is 1. The quantitative estimate of drug-likeness (QED) is 0.567. The first-order chi connectivity index (χ1) is 15.5. The lowest BCUT2D eigenvalue weighted by Crippen LogP contribution is -2.63. The Kier molecular flexibility index (Phi) is 5.98. The molecule has 1 aliphatic carbocycles. The molecule has 1 saturated carbocycles. The number of ether oxygens (including phenoxy) is 2. The van der Waals surface area contributed by atoms with Gasteiger partial charge in [0.25, 0.3) is 0 Å². The van der Waals surface area contributed by atoms with Gasteiger partial charge in [-0.1, -0.05) is 69.4 Å². The second-order valence-corrected chi connectivity index (χ2v) is 9.44. The van der Waals surface area contributed by atoms with Gasteiger partial charge in [0, 0.05) is 6.42 Å². The molecule has 0 radical (unpaired) electrons. The Morgan fingerprint density at radius 2 is 1.75 bits per heavy atom. The van der Waals surface area contributed by atoms with Crippen molar-refractivity contribution in [2.45, 2.75) is 82.5 Å². The van der Waals surface area contributed by atoms with Crippen molar-refractivity contribution >= 4 is 5.90 Å². The summed E-state index contributed by atoms with van der Waals surface area (Å²) < 4.78 is 12.5. The van der Waals surface area contributed by atoms with Crippen LogP contribution in [-0.2, 0) is 9.47 Å². The van der Waals surface area contributed by atoms with Crippen molar-refractivity contribution in [2.75, 3.05) is 0 Å². The van der Waals surface area contributed by atoms with Crippen LogP contribution in [-0.4, -0.2) is 17.8 Å². The summed E-state index contributed by atoms with van der Waals surface area (Å²) in [6.45, 7) is 2.16. The smallest absolute Gasteiger partial charge is 0.217 e. The van der Waals surface area contributed by atoms with E-state index in [-0.39, 0.29) is 11.8 Å². The standard InChI is InChI=1S/C26H30N4O2/c1-2-3-4-5-9-12-22-24(16-27,17-28)25(18-29)21-15-20(19-10-7-6-8-11-19)13-14-26(21,31-22)32-23(25)30/h6-8,10-11,20-22,30H,2-5,9,12-15H2,1H3. The van der Waals surface area contributed by atoms with Gasteiger partial charge in [-0.05, 0) is 30.7 Å². The van der Waals surface area contributed by atoms with Gasteiger partial charge in [-0.2, -0.15) is 15.8 Å². The highest BCUT2D eigenvalue weighted by atomic mass is 16.7. The third-order valence-electron chi connectivity index (χ3n) is 7.86. The zero-order chi connectivity index (χ0) is 22.8. The van der Waals surface area contributed by atoms with Crippen LogP contribution in [0.15, 0.2) is 30.3 Å². The molecular weight excluding hydrogens is 400 g/mol. The summed E-state index contributed by atoms with van der Waals surface area (Å²) >= 11 is 0. The molecule has 166 valence electrons. The van der Waals surface area contributed by atoms with E-state index in [1.165, 1.54) is 5.56 Å². The number of hydrogen-bond acceptors (Lipinski definition) is 6. The minimum Gasteiger partial charge on any atom is -0.447 e. The molecule has 0 amide bonds. The SMILES string of the molecule is CCCCCCCC1OC23CCC(c4ccccc4)CC2C(C#N)(C(=N)O3)C1(C#N)C#N. The average Bonchev–Trinajstić information content (AvgIpc) is 3.03. The number of unbranched alkanes of at least 4 members (excludes halogenated alkanes) is 4. The monoisotopic (exact) mass is 430 g/mol. The van der Waals surface area contributed by atoms with Crippen molar-refractivity contribution in [3.05, 3.63) is 35.9 Å². The van der Waals surface area contributed by atoms with E-state index in [2.05, 4.69) is 37.3 Å². The van der Waals surface area contributed by atoms with Gasteiger partial charge in [0.1, 0.15) is 0 Å². The highest BCUT2D eigenvalue weighted by molar-refractivity contribution is 5.89. The Balaban J connectivity index is 1.70. The fraction of sp³-hybridized carbons (Fsp3) is 0.615. The van der Waals surface area contributed by atoms with Gasteiger partial charge in [0.15, 0.2) is 10.8 Å². The molecule has 32 heavy (non-hydrogen) atoms. The summed E-state index contributed by atoms with van der Waals surface area (Å²) in [4.78, 5) is 0. The second kappa shape index (κ2) is 8.57. The van der Waals surface area contributed by atoms with Crippen LogP contribution in [0.25, 0.3) is 0 Å². The molecule has 0 aromatic heterocycles. The maximum atomic E-state index is 10.5. The molecule has 2 aliphatic heterocycles. The molecular formula is C26H30N4O2. The summed E-state index contributed by atoms with van der Waals surface area (Å²) in [5.41, 5.74) is -2.21. The first kappa shape index (κ1) is 22.3. The number of rotatable bonds is 7. The largest absolute Gasteiger partial charge is 0.447 e. The van der Waals surface area contributed by atoms with Gasteiger partial charge in [-0.15, -0.1) is 0 Å².